The van der Waals surface area contributed by atoms with Gasteiger partial charge in [-0.1, -0.05) is 6.07 Å². The monoisotopic (exact) mass is 353 g/mol. The van der Waals surface area contributed by atoms with Gasteiger partial charge in [-0.3, -0.25) is 14.9 Å². The van der Waals surface area contributed by atoms with Crippen molar-refractivity contribution in [3.05, 3.63) is 66.8 Å². The highest BCUT2D eigenvalue weighted by molar-refractivity contribution is 9.10. The van der Waals surface area contributed by atoms with E-state index in [2.05, 4.69) is 20.9 Å². The van der Waals surface area contributed by atoms with Gasteiger partial charge in [-0.05, 0) is 28.1 Å². The number of aromatic carboxylic acids is 1. The van der Waals surface area contributed by atoms with Gasteiger partial charge in [0.2, 0.25) is 0 Å². The van der Waals surface area contributed by atoms with Gasteiger partial charge in [0.1, 0.15) is 5.69 Å². The third kappa shape index (κ3) is 3.31. The van der Waals surface area contributed by atoms with Crippen LogP contribution >= 0.6 is 15.9 Å². The molecule has 0 aliphatic heterocycles. The van der Waals surface area contributed by atoms with Gasteiger partial charge in [0, 0.05) is 16.7 Å². The van der Waals surface area contributed by atoms with E-state index in [-0.39, 0.29) is 12.2 Å². The highest BCUT2D eigenvalue weighted by Crippen LogP contribution is 2.14. The molecule has 0 radical (unpaired) electrons. The van der Waals surface area contributed by atoms with E-state index in [4.69, 9.17) is 5.11 Å². The van der Waals surface area contributed by atoms with Crippen LogP contribution in [0.4, 0.5) is 5.69 Å². The van der Waals surface area contributed by atoms with Gasteiger partial charge >= 0.3 is 17.2 Å². The molecule has 1 N–H and O–H groups in total. The van der Waals surface area contributed by atoms with Crippen molar-refractivity contribution in [3.63, 3.8) is 0 Å². The summed E-state index contributed by atoms with van der Waals surface area (Å²) >= 11 is 3.09. The first-order valence-electron chi connectivity index (χ1n) is 5.62. The number of carboxylic acid groups (broad SMARTS) is 1. The highest BCUT2D eigenvalue weighted by atomic mass is 79.9. The van der Waals surface area contributed by atoms with Crippen molar-refractivity contribution in [2.45, 2.75) is 6.54 Å². The van der Waals surface area contributed by atoms with Gasteiger partial charge in [-0.15, -0.1) is 0 Å². The Hall–Kier alpha value is -2.55. The van der Waals surface area contributed by atoms with Crippen LogP contribution in [0.2, 0.25) is 0 Å². The van der Waals surface area contributed by atoms with Crippen molar-refractivity contribution in [2.24, 2.45) is 0 Å². The van der Waals surface area contributed by atoms with E-state index < -0.39 is 22.1 Å². The molecule has 0 atom stereocenters. The summed E-state index contributed by atoms with van der Waals surface area (Å²) < 4.78 is 1.46. The van der Waals surface area contributed by atoms with Crippen LogP contribution in [0.1, 0.15) is 16.2 Å². The molecule has 0 unspecified atom stereocenters. The molecular weight excluding hydrogens is 346 g/mol. The first-order valence-corrected chi connectivity index (χ1v) is 6.41. The number of carbonyl (C=O) groups is 1. The van der Waals surface area contributed by atoms with Crippen LogP contribution < -0.4 is 5.56 Å². The van der Waals surface area contributed by atoms with Gasteiger partial charge < -0.3 is 9.67 Å². The third-order valence-corrected chi connectivity index (χ3v) is 3.02. The van der Waals surface area contributed by atoms with Crippen LogP contribution in [0, 0.1) is 10.1 Å². The van der Waals surface area contributed by atoms with Gasteiger partial charge in [0.25, 0.3) is 0 Å². The SMILES string of the molecule is O=C(O)c1cccc(Cn2cc(Br)cc([N+](=O)[O-])c2=O)n1. The van der Waals surface area contributed by atoms with Crippen LogP contribution in [0.5, 0.6) is 0 Å². The Morgan fingerprint density at radius 3 is 2.81 bits per heavy atom. The molecule has 0 saturated carbocycles. The summed E-state index contributed by atoms with van der Waals surface area (Å²) in [5, 5.41) is 19.7. The summed E-state index contributed by atoms with van der Waals surface area (Å²) in [7, 11) is 0. The van der Waals surface area contributed by atoms with Crippen molar-refractivity contribution in [1.82, 2.24) is 9.55 Å². The molecule has 8 nitrogen and oxygen atoms in total. The largest absolute Gasteiger partial charge is 0.477 e. The summed E-state index contributed by atoms with van der Waals surface area (Å²) in [6.07, 6.45) is 1.38. The minimum atomic E-state index is -1.19. The van der Waals surface area contributed by atoms with E-state index >= 15 is 0 Å². The van der Waals surface area contributed by atoms with E-state index in [1.54, 1.807) is 0 Å². The Kier molecular flexibility index (Phi) is 4.13. The molecule has 0 saturated heterocycles. The van der Waals surface area contributed by atoms with E-state index in [1.807, 2.05) is 0 Å². The van der Waals surface area contributed by atoms with Crippen LogP contribution in [0.15, 0.2) is 39.7 Å². The molecule has 0 spiro atoms. The first kappa shape index (κ1) is 14.9. The van der Waals surface area contributed by atoms with Crippen LogP contribution in [-0.4, -0.2) is 25.6 Å². The van der Waals surface area contributed by atoms with Crippen LogP contribution in [0.25, 0.3) is 0 Å². The number of nitrogens with zero attached hydrogens (tertiary/aromatic N) is 3. The van der Waals surface area contributed by atoms with E-state index in [0.29, 0.717) is 10.2 Å². The Morgan fingerprint density at radius 2 is 2.19 bits per heavy atom. The third-order valence-electron chi connectivity index (χ3n) is 2.59. The lowest BCUT2D eigenvalue weighted by Gasteiger charge is -2.06. The number of halogens is 1. The van der Waals surface area contributed by atoms with E-state index in [1.165, 1.54) is 24.4 Å². The molecule has 0 aliphatic carbocycles. The number of hydrogen-bond donors (Lipinski definition) is 1. The Balaban J connectivity index is 2.45. The molecule has 9 heteroatoms. The molecule has 0 amide bonds. The second kappa shape index (κ2) is 5.83. The van der Waals surface area contributed by atoms with Crippen LogP contribution in [-0.2, 0) is 6.54 Å². The molecule has 108 valence electrons. The normalized spacial score (nSPS) is 10.3. The maximum absolute atomic E-state index is 11.9. The van der Waals surface area contributed by atoms with Gasteiger partial charge in [0.05, 0.1) is 17.2 Å². The maximum Gasteiger partial charge on any atom is 0.354 e. The van der Waals surface area contributed by atoms with Crippen molar-refractivity contribution >= 4 is 27.6 Å². The smallest absolute Gasteiger partial charge is 0.354 e. The van der Waals surface area contributed by atoms with E-state index in [9.17, 15) is 19.7 Å². The fourth-order valence-corrected chi connectivity index (χ4v) is 2.16. The Labute approximate surface area is 126 Å². The topological polar surface area (TPSA) is 115 Å². The minimum absolute atomic E-state index is 0.0692. The lowest BCUT2D eigenvalue weighted by molar-refractivity contribution is -0.386. The maximum atomic E-state index is 11.9. The lowest BCUT2D eigenvalue weighted by atomic mass is 10.3. The predicted octanol–water partition coefficient (Wildman–Crippen LogP) is 1.66. The molecule has 2 aromatic rings. The standard InChI is InChI=1S/C12H8BrN3O5/c13-7-4-10(16(20)21)11(17)15(5-7)6-8-2-1-3-9(14-8)12(18)19/h1-5H,6H2,(H,18,19). The number of hydrogen-bond acceptors (Lipinski definition) is 5. The number of aromatic nitrogens is 2. The predicted molar refractivity (Wildman–Crippen MR) is 75.4 cm³/mol. The molecule has 0 fully saturated rings. The average Bonchev–Trinajstić information content (AvgIpc) is 2.42. The Morgan fingerprint density at radius 1 is 1.48 bits per heavy atom. The fourth-order valence-electron chi connectivity index (χ4n) is 1.69. The second-order valence-corrected chi connectivity index (χ2v) is 4.97. The van der Waals surface area contributed by atoms with Gasteiger partial charge in [-0.25, -0.2) is 9.78 Å². The summed E-state index contributed by atoms with van der Waals surface area (Å²) in [6.45, 7) is -0.0692. The number of pyridine rings is 2. The Bertz CT molecular complexity index is 787. The number of rotatable bonds is 4. The summed E-state index contributed by atoms with van der Waals surface area (Å²) in [4.78, 5) is 36.7. The van der Waals surface area contributed by atoms with Gasteiger partial charge in [-0.2, -0.15) is 0 Å². The molecule has 2 heterocycles. The molecule has 0 aliphatic rings. The zero-order valence-corrected chi connectivity index (χ0v) is 12.0. The van der Waals surface area contributed by atoms with Gasteiger partial charge in [0.15, 0.2) is 0 Å². The van der Waals surface area contributed by atoms with Crippen molar-refractivity contribution in [2.75, 3.05) is 0 Å². The fraction of sp³-hybridized carbons (Fsp3) is 0.0833. The molecule has 0 aromatic carbocycles. The second-order valence-electron chi connectivity index (χ2n) is 4.05. The first-order chi connectivity index (χ1) is 9.88. The van der Waals surface area contributed by atoms with Crippen LogP contribution in [0.3, 0.4) is 0 Å². The molecule has 2 rings (SSSR count). The highest BCUT2D eigenvalue weighted by Gasteiger charge is 2.16. The zero-order valence-electron chi connectivity index (χ0n) is 10.4. The summed E-state index contributed by atoms with van der Waals surface area (Å²) in [5.41, 5.74) is -1.21. The molecule has 21 heavy (non-hydrogen) atoms. The van der Waals surface area contributed by atoms with Crippen molar-refractivity contribution < 1.29 is 14.8 Å². The molecule has 2 aromatic heterocycles. The number of carboxylic acids is 1. The summed E-state index contributed by atoms with van der Waals surface area (Å²) in [6, 6.07) is 5.45. The average molecular weight is 354 g/mol. The molecule has 0 bridgehead atoms. The van der Waals surface area contributed by atoms with Crippen molar-refractivity contribution in [3.8, 4) is 0 Å². The van der Waals surface area contributed by atoms with E-state index in [0.717, 1.165) is 10.6 Å². The number of nitro groups is 1. The minimum Gasteiger partial charge on any atom is -0.477 e. The lowest BCUT2D eigenvalue weighted by Crippen LogP contribution is -2.23. The zero-order chi connectivity index (χ0) is 15.6. The van der Waals surface area contributed by atoms with Crippen molar-refractivity contribution in [1.29, 1.82) is 0 Å². The molecular formula is C12H8BrN3O5. The summed E-state index contributed by atoms with van der Waals surface area (Å²) in [5.74, 6) is -1.19. The quantitative estimate of drug-likeness (QED) is 0.660.